The van der Waals surface area contributed by atoms with E-state index in [1.165, 1.54) is 0 Å². The molecule has 1 saturated carbocycles. The van der Waals surface area contributed by atoms with Gasteiger partial charge in [0.1, 0.15) is 0 Å². The minimum Gasteiger partial charge on any atom is -0.389 e. The molecular formula is C16H24N2O2. The van der Waals surface area contributed by atoms with Crippen LogP contribution in [-0.2, 0) is 0 Å². The summed E-state index contributed by atoms with van der Waals surface area (Å²) >= 11 is 0. The van der Waals surface area contributed by atoms with E-state index in [1.54, 1.807) is 6.92 Å². The predicted molar refractivity (Wildman–Crippen MR) is 80.7 cm³/mol. The van der Waals surface area contributed by atoms with Gasteiger partial charge in [-0.1, -0.05) is 25.5 Å². The van der Waals surface area contributed by atoms with Gasteiger partial charge in [0, 0.05) is 18.3 Å². The molecule has 1 aliphatic rings. The third kappa shape index (κ3) is 3.97. The van der Waals surface area contributed by atoms with Crippen molar-refractivity contribution in [3.8, 4) is 0 Å². The Balaban J connectivity index is 1.94. The number of aliphatic hydroxyl groups is 1. The number of rotatable bonds is 6. The summed E-state index contributed by atoms with van der Waals surface area (Å²) in [5.41, 5.74) is 1.63. The first kappa shape index (κ1) is 14.9. The molecule has 1 fully saturated rings. The number of nitrogens with zero attached hydrogens (tertiary/aromatic N) is 1. The molecule has 2 N–H and O–H groups in total. The third-order valence-corrected chi connectivity index (χ3v) is 3.65. The second kappa shape index (κ2) is 6.75. The zero-order chi connectivity index (χ0) is 14.5. The summed E-state index contributed by atoms with van der Waals surface area (Å²) in [6.07, 6.45) is 3.91. The van der Waals surface area contributed by atoms with Crippen LogP contribution >= 0.6 is 0 Å². The van der Waals surface area contributed by atoms with Crippen molar-refractivity contribution in [3.05, 3.63) is 29.8 Å². The molecular weight excluding hydrogens is 252 g/mol. The SMILES string of the molecule is CCCCN(C(=O)Nc1ccc(C(C)O)cc1)C1CC1. The number of carbonyl (C=O) groups is 1. The second-order valence-corrected chi connectivity index (χ2v) is 5.51. The van der Waals surface area contributed by atoms with Gasteiger partial charge in [0.2, 0.25) is 0 Å². The first-order chi connectivity index (χ1) is 9.61. The van der Waals surface area contributed by atoms with E-state index in [9.17, 15) is 9.90 Å². The van der Waals surface area contributed by atoms with Crippen LogP contribution in [0.2, 0.25) is 0 Å². The van der Waals surface area contributed by atoms with Gasteiger partial charge in [0.05, 0.1) is 6.10 Å². The number of urea groups is 1. The summed E-state index contributed by atoms with van der Waals surface area (Å²) in [5.74, 6) is 0. The summed E-state index contributed by atoms with van der Waals surface area (Å²) in [6, 6.07) is 7.78. The van der Waals surface area contributed by atoms with Crippen LogP contribution < -0.4 is 5.32 Å². The highest BCUT2D eigenvalue weighted by molar-refractivity contribution is 5.89. The summed E-state index contributed by atoms with van der Waals surface area (Å²) in [7, 11) is 0. The summed E-state index contributed by atoms with van der Waals surface area (Å²) < 4.78 is 0. The molecule has 0 aromatic heterocycles. The van der Waals surface area contributed by atoms with Crippen molar-refractivity contribution in [2.45, 2.75) is 51.7 Å². The Morgan fingerprint density at radius 1 is 1.40 bits per heavy atom. The Kier molecular flexibility index (Phi) is 5.01. The molecule has 1 atom stereocenters. The molecule has 20 heavy (non-hydrogen) atoms. The van der Waals surface area contributed by atoms with Crippen molar-refractivity contribution in [2.24, 2.45) is 0 Å². The zero-order valence-corrected chi connectivity index (χ0v) is 12.3. The largest absolute Gasteiger partial charge is 0.389 e. The van der Waals surface area contributed by atoms with Crippen LogP contribution in [0.3, 0.4) is 0 Å². The van der Waals surface area contributed by atoms with Gasteiger partial charge < -0.3 is 15.3 Å². The van der Waals surface area contributed by atoms with E-state index in [0.717, 1.165) is 43.5 Å². The average molecular weight is 276 g/mol. The normalized spacial score (nSPS) is 15.8. The number of hydrogen-bond donors (Lipinski definition) is 2. The predicted octanol–water partition coefficient (Wildman–Crippen LogP) is 3.54. The fourth-order valence-electron chi connectivity index (χ4n) is 2.20. The second-order valence-electron chi connectivity index (χ2n) is 5.51. The minimum absolute atomic E-state index is 0.00857. The van der Waals surface area contributed by atoms with Gasteiger partial charge in [-0.25, -0.2) is 4.79 Å². The maximum Gasteiger partial charge on any atom is 0.322 e. The first-order valence-corrected chi connectivity index (χ1v) is 7.47. The van der Waals surface area contributed by atoms with E-state index >= 15 is 0 Å². The molecule has 0 saturated heterocycles. The van der Waals surface area contributed by atoms with Gasteiger partial charge in [0.15, 0.2) is 0 Å². The topological polar surface area (TPSA) is 52.6 Å². The number of benzene rings is 1. The Morgan fingerprint density at radius 2 is 2.05 bits per heavy atom. The molecule has 0 aliphatic heterocycles. The van der Waals surface area contributed by atoms with Crippen LogP contribution in [0.5, 0.6) is 0 Å². The number of anilines is 1. The van der Waals surface area contributed by atoms with Crippen molar-refractivity contribution in [3.63, 3.8) is 0 Å². The van der Waals surface area contributed by atoms with Crippen LogP contribution in [-0.4, -0.2) is 28.6 Å². The van der Waals surface area contributed by atoms with Crippen LogP contribution in [0.4, 0.5) is 10.5 Å². The molecule has 1 aliphatic carbocycles. The number of unbranched alkanes of at least 4 members (excludes halogenated alkanes) is 1. The molecule has 2 amide bonds. The molecule has 0 bridgehead atoms. The molecule has 1 unspecified atom stereocenters. The lowest BCUT2D eigenvalue weighted by Crippen LogP contribution is -2.37. The minimum atomic E-state index is -0.479. The van der Waals surface area contributed by atoms with Gasteiger partial charge >= 0.3 is 6.03 Å². The van der Waals surface area contributed by atoms with Crippen LogP contribution in [0.25, 0.3) is 0 Å². The molecule has 4 nitrogen and oxygen atoms in total. The van der Waals surface area contributed by atoms with Gasteiger partial charge in [-0.05, 0) is 43.9 Å². The van der Waals surface area contributed by atoms with E-state index in [-0.39, 0.29) is 6.03 Å². The first-order valence-electron chi connectivity index (χ1n) is 7.47. The van der Waals surface area contributed by atoms with Crippen molar-refractivity contribution in [1.29, 1.82) is 0 Å². The highest BCUT2D eigenvalue weighted by atomic mass is 16.3. The van der Waals surface area contributed by atoms with Crippen molar-refractivity contribution in [1.82, 2.24) is 4.90 Å². The van der Waals surface area contributed by atoms with E-state index in [1.807, 2.05) is 29.2 Å². The Morgan fingerprint density at radius 3 is 2.55 bits per heavy atom. The third-order valence-electron chi connectivity index (χ3n) is 3.65. The molecule has 1 aromatic carbocycles. The van der Waals surface area contributed by atoms with Crippen LogP contribution in [0, 0.1) is 0 Å². The number of nitrogens with one attached hydrogen (secondary N) is 1. The summed E-state index contributed by atoms with van der Waals surface area (Å²) in [5, 5.41) is 12.4. The monoisotopic (exact) mass is 276 g/mol. The van der Waals surface area contributed by atoms with Crippen LogP contribution in [0.1, 0.15) is 51.2 Å². The average Bonchev–Trinajstić information content (AvgIpc) is 3.24. The lowest BCUT2D eigenvalue weighted by molar-refractivity contribution is 0.199. The van der Waals surface area contributed by atoms with Gasteiger partial charge in [0.25, 0.3) is 0 Å². The zero-order valence-electron chi connectivity index (χ0n) is 12.3. The number of amides is 2. The standard InChI is InChI=1S/C16H24N2O2/c1-3-4-11-18(15-9-10-15)16(20)17-14-7-5-13(6-8-14)12(2)19/h5-8,12,15,19H,3-4,9-11H2,1-2H3,(H,17,20). The van der Waals surface area contributed by atoms with Gasteiger partial charge in [-0.3, -0.25) is 0 Å². The van der Waals surface area contributed by atoms with Gasteiger partial charge in [-0.15, -0.1) is 0 Å². The Hall–Kier alpha value is -1.55. The maximum absolute atomic E-state index is 12.3. The molecule has 0 radical (unpaired) electrons. The summed E-state index contributed by atoms with van der Waals surface area (Å²) in [6.45, 7) is 4.70. The quantitative estimate of drug-likeness (QED) is 0.835. The molecule has 110 valence electrons. The lowest BCUT2D eigenvalue weighted by Gasteiger charge is -2.22. The Bertz CT molecular complexity index is 438. The molecule has 4 heteroatoms. The number of hydrogen-bond acceptors (Lipinski definition) is 2. The fourth-order valence-corrected chi connectivity index (χ4v) is 2.20. The van der Waals surface area contributed by atoms with Crippen molar-refractivity contribution < 1.29 is 9.90 Å². The maximum atomic E-state index is 12.3. The summed E-state index contributed by atoms with van der Waals surface area (Å²) in [4.78, 5) is 14.2. The van der Waals surface area contributed by atoms with Crippen molar-refractivity contribution >= 4 is 11.7 Å². The number of aliphatic hydroxyl groups excluding tert-OH is 1. The van der Waals surface area contributed by atoms with E-state index < -0.39 is 6.10 Å². The molecule has 1 aromatic rings. The molecule has 2 rings (SSSR count). The highest BCUT2D eigenvalue weighted by Gasteiger charge is 2.32. The molecule has 0 spiro atoms. The van der Waals surface area contributed by atoms with E-state index in [2.05, 4.69) is 12.2 Å². The van der Waals surface area contributed by atoms with E-state index in [0.29, 0.717) is 6.04 Å². The van der Waals surface area contributed by atoms with Gasteiger partial charge in [-0.2, -0.15) is 0 Å². The Labute approximate surface area is 120 Å². The highest BCUT2D eigenvalue weighted by Crippen LogP contribution is 2.28. The van der Waals surface area contributed by atoms with E-state index in [4.69, 9.17) is 0 Å². The van der Waals surface area contributed by atoms with Crippen molar-refractivity contribution in [2.75, 3.05) is 11.9 Å². The van der Waals surface area contributed by atoms with Crippen LogP contribution in [0.15, 0.2) is 24.3 Å². The lowest BCUT2D eigenvalue weighted by atomic mass is 10.1. The molecule has 0 heterocycles. The number of carbonyl (C=O) groups excluding carboxylic acids is 1. The fraction of sp³-hybridized carbons (Fsp3) is 0.562. The smallest absolute Gasteiger partial charge is 0.322 e.